The zero-order chi connectivity index (χ0) is 14.7. The molecule has 0 saturated heterocycles. The number of hydrogen-bond donors (Lipinski definition) is 2. The fourth-order valence-electron chi connectivity index (χ4n) is 1.87. The van der Waals surface area contributed by atoms with E-state index in [1.54, 1.807) is 18.2 Å². The Labute approximate surface area is 125 Å². The summed E-state index contributed by atoms with van der Waals surface area (Å²) in [4.78, 5) is 11.1. The lowest BCUT2D eigenvalue weighted by Crippen LogP contribution is -2.11. The summed E-state index contributed by atoms with van der Waals surface area (Å²) >= 11 is 3.31. The molecule has 3 nitrogen and oxygen atoms in total. The van der Waals surface area contributed by atoms with Crippen molar-refractivity contribution >= 4 is 27.5 Å². The molecule has 0 unspecified atom stereocenters. The van der Waals surface area contributed by atoms with E-state index in [4.69, 9.17) is 5.73 Å². The van der Waals surface area contributed by atoms with Gasteiger partial charge in [-0.25, -0.2) is 4.39 Å². The van der Waals surface area contributed by atoms with Gasteiger partial charge >= 0.3 is 0 Å². The quantitative estimate of drug-likeness (QED) is 0.896. The number of carbonyl (C=O) groups excluding carboxylic acids is 1. The first-order chi connectivity index (χ1) is 9.47. The van der Waals surface area contributed by atoms with Crippen LogP contribution in [0.15, 0.2) is 40.9 Å². The summed E-state index contributed by atoms with van der Waals surface area (Å²) in [6.45, 7) is 2.50. The minimum Gasteiger partial charge on any atom is -0.380 e. The lowest BCUT2D eigenvalue weighted by atomic mass is 10.0. The molecule has 20 heavy (non-hydrogen) atoms. The molecule has 0 fully saturated rings. The fraction of sp³-hybridized carbons (Fsp3) is 0.133. The Kier molecular flexibility index (Phi) is 4.39. The summed E-state index contributed by atoms with van der Waals surface area (Å²) in [6, 6.07) is 9.80. The van der Waals surface area contributed by atoms with Crippen molar-refractivity contribution in [3.05, 3.63) is 63.4 Å². The number of nitrogens with two attached hydrogens (primary N) is 1. The van der Waals surface area contributed by atoms with E-state index < -0.39 is 5.91 Å². The summed E-state index contributed by atoms with van der Waals surface area (Å²) in [6.07, 6.45) is 0. The number of amides is 1. The van der Waals surface area contributed by atoms with Gasteiger partial charge in [0.1, 0.15) is 5.82 Å². The van der Waals surface area contributed by atoms with E-state index in [-0.39, 0.29) is 5.82 Å². The highest BCUT2D eigenvalue weighted by Crippen LogP contribution is 2.24. The van der Waals surface area contributed by atoms with E-state index in [0.717, 1.165) is 16.8 Å². The van der Waals surface area contributed by atoms with Gasteiger partial charge in [-0.05, 0) is 64.3 Å². The molecule has 0 aliphatic carbocycles. The molecule has 2 aromatic rings. The second-order valence-electron chi connectivity index (χ2n) is 4.48. The molecule has 0 atom stereocenters. The average molecular weight is 337 g/mol. The highest BCUT2D eigenvalue weighted by molar-refractivity contribution is 9.10. The standard InChI is InChI=1S/C15H14BrFN2O/c1-9-6-10(15(18)20)2-3-11(9)8-19-14-5-4-12(17)7-13(14)16/h2-7,19H,8H2,1H3,(H2,18,20). The van der Waals surface area contributed by atoms with Gasteiger partial charge in [-0.2, -0.15) is 0 Å². The summed E-state index contributed by atoms with van der Waals surface area (Å²) < 4.78 is 13.7. The van der Waals surface area contributed by atoms with Crippen LogP contribution in [0.2, 0.25) is 0 Å². The molecule has 5 heteroatoms. The van der Waals surface area contributed by atoms with Gasteiger partial charge in [0.2, 0.25) is 5.91 Å². The Bertz CT molecular complexity index is 658. The van der Waals surface area contributed by atoms with Gasteiger partial charge in [0.15, 0.2) is 0 Å². The van der Waals surface area contributed by atoms with Gasteiger partial charge in [-0.15, -0.1) is 0 Å². The van der Waals surface area contributed by atoms with Gasteiger partial charge in [0, 0.05) is 22.3 Å². The molecule has 2 aromatic carbocycles. The van der Waals surface area contributed by atoms with Crippen molar-refractivity contribution in [3.8, 4) is 0 Å². The number of primary amides is 1. The van der Waals surface area contributed by atoms with Crippen molar-refractivity contribution in [2.24, 2.45) is 5.73 Å². The van der Waals surface area contributed by atoms with Crippen molar-refractivity contribution in [3.63, 3.8) is 0 Å². The summed E-state index contributed by atoms with van der Waals surface area (Å²) in [7, 11) is 0. The van der Waals surface area contributed by atoms with Crippen LogP contribution < -0.4 is 11.1 Å². The molecule has 0 spiro atoms. The SMILES string of the molecule is Cc1cc(C(N)=O)ccc1CNc1ccc(F)cc1Br. The first kappa shape index (κ1) is 14.5. The molecule has 0 heterocycles. The second kappa shape index (κ2) is 6.05. The van der Waals surface area contributed by atoms with E-state index in [9.17, 15) is 9.18 Å². The van der Waals surface area contributed by atoms with Gasteiger partial charge in [0.05, 0.1) is 0 Å². The molecule has 0 aromatic heterocycles. The van der Waals surface area contributed by atoms with Crippen LogP contribution in [0.3, 0.4) is 0 Å². The molecule has 0 saturated carbocycles. The molecule has 0 bridgehead atoms. The topological polar surface area (TPSA) is 55.1 Å². The molecule has 0 aliphatic rings. The number of carbonyl (C=O) groups is 1. The summed E-state index contributed by atoms with van der Waals surface area (Å²) in [5, 5.41) is 3.22. The van der Waals surface area contributed by atoms with Crippen molar-refractivity contribution in [2.75, 3.05) is 5.32 Å². The maximum atomic E-state index is 13.0. The van der Waals surface area contributed by atoms with Crippen molar-refractivity contribution < 1.29 is 9.18 Å². The maximum Gasteiger partial charge on any atom is 0.248 e. The van der Waals surface area contributed by atoms with Crippen LogP contribution in [-0.4, -0.2) is 5.91 Å². The monoisotopic (exact) mass is 336 g/mol. The molecular weight excluding hydrogens is 323 g/mol. The number of benzene rings is 2. The third-order valence-electron chi connectivity index (χ3n) is 3.03. The molecular formula is C15H14BrFN2O. The maximum absolute atomic E-state index is 13.0. The normalized spacial score (nSPS) is 10.3. The zero-order valence-corrected chi connectivity index (χ0v) is 12.5. The molecule has 0 aliphatic heterocycles. The Morgan fingerprint density at radius 3 is 2.65 bits per heavy atom. The average Bonchev–Trinajstić information content (AvgIpc) is 2.38. The van der Waals surface area contributed by atoms with Crippen molar-refractivity contribution in [1.82, 2.24) is 0 Å². The Morgan fingerprint density at radius 1 is 1.30 bits per heavy atom. The zero-order valence-electron chi connectivity index (χ0n) is 10.9. The highest BCUT2D eigenvalue weighted by Gasteiger charge is 2.05. The number of anilines is 1. The Morgan fingerprint density at radius 2 is 2.05 bits per heavy atom. The van der Waals surface area contributed by atoms with Gasteiger partial charge < -0.3 is 11.1 Å². The first-order valence-corrected chi connectivity index (χ1v) is 6.85. The van der Waals surface area contributed by atoms with E-state index in [1.807, 2.05) is 13.0 Å². The van der Waals surface area contributed by atoms with Crippen molar-refractivity contribution in [1.29, 1.82) is 0 Å². The van der Waals surface area contributed by atoms with Crippen LogP contribution in [0.5, 0.6) is 0 Å². The minimum atomic E-state index is -0.436. The molecule has 1 amide bonds. The number of rotatable bonds is 4. The predicted molar refractivity (Wildman–Crippen MR) is 81.1 cm³/mol. The smallest absolute Gasteiger partial charge is 0.248 e. The van der Waals surface area contributed by atoms with Crippen LogP contribution in [0.1, 0.15) is 21.5 Å². The third kappa shape index (κ3) is 3.36. The number of aryl methyl sites for hydroxylation is 1. The molecule has 2 rings (SSSR count). The number of hydrogen-bond acceptors (Lipinski definition) is 2. The Hall–Kier alpha value is -1.88. The Balaban J connectivity index is 2.13. The van der Waals surface area contributed by atoms with Crippen LogP contribution >= 0.6 is 15.9 Å². The van der Waals surface area contributed by atoms with Crippen LogP contribution in [-0.2, 0) is 6.54 Å². The van der Waals surface area contributed by atoms with E-state index in [2.05, 4.69) is 21.2 Å². The first-order valence-electron chi connectivity index (χ1n) is 6.05. The van der Waals surface area contributed by atoms with Crippen LogP contribution in [0.4, 0.5) is 10.1 Å². The van der Waals surface area contributed by atoms with Crippen LogP contribution in [0, 0.1) is 12.7 Å². The summed E-state index contributed by atoms with van der Waals surface area (Å²) in [5.74, 6) is -0.724. The predicted octanol–water partition coefficient (Wildman–Crippen LogP) is 3.61. The summed E-state index contributed by atoms with van der Waals surface area (Å²) in [5.41, 5.74) is 8.57. The lowest BCUT2D eigenvalue weighted by molar-refractivity contribution is 0.1000. The second-order valence-corrected chi connectivity index (χ2v) is 5.34. The van der Waals surface area contributed by atoms with Crippen molar-refractivity contribution in [2.45, 2.75) is 13.5 Å². The van der Waals surface area contributed by atoms with Gasteiger partial charge in [-0.1, -0.05) is 6.07 Å². The minimum absolute atomic E-state index is 0.288. The van der Waals surface area contributed by atoms with E-state index in [0.29, 0.717) is 16.6 Å². The van der Waals surface area contributed by atoms with E-state index >= 15 is 0 Å². The highest BCUT2D eigenvalue weighted by atomic mass is 79.9. The molecule has 0 radical (unpaired) electrons. The third-order valence-corrected chi connectivity index (χ3v) is 3.68. The molecule has 3 N–H and O–H groups in total. The van der Waals surface area contributed by atoms with Gasteiger partial charge in [0.25, 0.3) is 0 Å². The number of halogens is 2. The van der Waals surface area contributed by atoms with Crippen LogP contribution in [0.25, 0.3) is 0 Å². The lowest BCUT2D eigenvalue weighted by Gasteiger charge is -2.11. The number of nitrogens with one attached hydrogen (secondary N) is 1. The largest absolute Gasteiger partial charge is 0.380 e. The van der Waals surface area contributed by atoms with Gasteiger partial charge in [-0.3, -0.25) is 4.79 Å². The van der Waals surface area contributed by atoms with E-state index in [1.165, 1.54) is 12.1 Å². The fourth-order valence-corrected chi connectivity index (χ4v) is 2.36. The molecule has 104 valence electrons.